The third kappa shape index (κ3) is 4.96. The molecular weight excluding hydrogens is 378 g/mol. The lowest BCUT2D eigenvalue weighted by Gasteiger charge is -2.36. The summed E-state index contributed by atoms with van der Waals surface area (Å²) in [5.41, 5.74) is 6.33. The van der Waals surface area contributed by atoms with Gasteiger partial charge in [0.2, 0.25) is 5.91 Å². The molecule has 0 aromatic heterocycles. The Kier molecular flexibility index (Phi) is 6.46. The van der Waals surface area contributed by atoms with E-state index in [0.717, 1.165) is 38.4 Å². The van der Waals surface area contributed by atoms with Crippen LogP contribution in [0.3, 0.4) is 0 Å². The summed E-state index contributed by atoms with van der Waals surface area (Å²) in [6.07, 6.45) is 3.63. The van der Waals surface area contributed by atoms with Gasteiger partial charge < -0.3 is 15.1 Å². The molecule has 1 saturated heterocycles. The Bertz CT molecular complexity index is 874. The summed E-state index contributed by atoms with van der Waals surface area (Å²) in [5.74, 6) is 0.498. The smallest absolute Gasteiger partial charge is 0.234 e. The highest BCUT2D eigenvalue weighted by molar-refractivity contribution is 8.00. The molecule has 0 bridgehead atoms. The molecular formula is C24H31N3OS. The minimum atomic E-state index is 0.0548. The van der Waals surface area contributed by atoms with E-state index in [0.29, 0.717) is 5.75 Å². The molecule has 1 amide bonds. The first kappa shape index (κ1) is 20.3. The van der Waals surface area contributed by atoms with Crippen molar-refractivity contribution in [2.24, 2.45) is 0 Å². The number of thioether (sulfide) groups is 1. The van der Waals surface area contributed by atoms with Crippen molar-refractivity contribution in [2.75, 3.05) is 48.7 Å². The van der Waals surface area contributed by atoms with E-state index in [1.807, 2.05) is 6.07 Å². The van der Waals surface area contributed by atoms with E-state index in [4.69, 9.17) is 0 Å². The van der Waals surface area contributed by atoms with Crippen LogP contribution in [0.1, 0.15) is 30.0 Å². The van der Waals surface area contributed by atoms with Crippen LogP contribution in [0.5, 0.6) is 0 Å². The van der Waals surface area contributed by atoms with Crippen molar-refractivity contribution in [3.8, 4) is 0 Å². The second-order valence-corrected chi connectivity index (χ2v) is 9.09. The fourth-order valence-electron chi connectivity index (χ4n) is 4.38. The summed E-state index contributed by atoms with van der Waals surface area (Å²) in [6.45, 7) is 9.86. The van der Waals surface area contributed by atoms with Gasteiger partial charge in [-0.1, -0.05) is 13.0 Å². The third-order valence-electron chi connectivity index (χ3n) is 6.08. The Labute approximate surface area is 178 Å². The number of hydrogen-bond acceptors (Lipinski definition) is 4. The van der Waals surface area contributed by atoms with E-state index >= 15 is 0 Å². The fourth-order valence-corrected chi connectivity index (χ4v) is 5.14. The molecule has 4 rings (SSSR count). The largest absolute Gasteiger partial charge is 0.369 e. The number of nitrogens with one attached hydrogen (secondary N) is 1. The lowest BCUT2D eigenvalue weighted by Crippen LogP contribution is -2.46. The number of rotatable bonds is 6. The minimum absolute atomic E-state index is 0.0548. The van der Waals surface area contributed by atoms with E-state index in [2.05, 4.69) is 59.3 Å². The number of carbonyl (C=O) groups excluding carboxylic acids is 1. The van der Waals surface area contributed by atoms with Crippen molar-refractivity contribution in [2.45, 2.75) is 38.0 Å². The second-order valence-electron chi connectivity index (χ2n) is 8.04. The average molecular weight is 410 g/mol. The summed E-state index contributed by atoms with van der Waals surface area (Å²) in [4.78, 5) is 18.6. The summed E-state index contributed by atoms with van der Waals surface area (Å²) in [7, 11) is 0. The quantitative estimate of drug-likeness (QED) is 0.719. The second kappa shape index (κ2) is 9.23. The predicted octanol–water partition coefficient (Wildman–Crippen LogP) is 4.36. The molecule has 2 aliphatic rings. The van der Waals surface area contributed by atoms with Gasteiger partial charge in [-0.25, -0.2) is 0 Å². The number of benzene rings is 2. The molecule has 0 radical (unpaired) electrons. The van der Waals surface area contributed by atoms with Crippen molar-refractivity contribution in [1.82, 2.24) is 4.90 Å². The number of piperazine rings is 1. The van der Waals surface area contributed by atoms with Gasteiger partial charge in [0.15, 0.2) is 0 Å². The lowest BCUT2D eigenvalue weighted by molar-refractivity contribution is -0.113. The zero-order valence-electron chi connectivity index (χ0n) is 17.5. The topological polar surface area (TPSA) is 35.6 Å². The first-order valence-electron chi connectivity index (χ1n) is 10.7. The highest BCUT2D eigenvalue weighted by Gasteiger charge is 2.17. The molecule has 2 aromatic carbocycles. The molecule has 1 heterocycles. The molecule has 1 fully saturated rings. The van der Waals surface area contributed by atoms with Crippen LogP contribution in [0.25, 0.3) is 0 Å². The van der Waals surface area contributed by atoms with Crippen molar-refractivity contribution in [1.29, 1.82) is 0 Å². The van der Waals surface area contributed by atoms with Crippen LogP contribution in [0.2, 0.25) is 0 Å². The van der Waals surface area contributed by atoms with Gasteiger partial charge in [0.05, 0.1) is 5.75 Å². The number of amides is 1. The monoisotopic (exact) mass is 409 g/mol. The van der Waals surface area contributed by atoms with Crippen molar-refractivity contribution < 1.29 is 4.79 Å². The molecule has 154 valence electrons. The zero-order chi connectivity index (χ0) is 20.2. The van der Waals surface area contributed by atoms with E-state index in [1.54, 1.807) is 11.8 Å². The number of carbonyl (C=O) groups is 1. The van der Waals surface area contributed by atoms with Crippen molar-refractivity contribution >= 4 is 29.0 Å². The lowest BCUT2D eigenvalue weighted by atomic mass is 10.1. The maximum absolute atomic E-state index is 12.4. The summed E-state index contributed by atoms with van der Waals surface area (Å²) >= 11 is 1.62. The number of nitrogens with zero attached hydrogens (tertiary/aromatic N) is 2. The van der Waals surface area contributed by atoms with E-state index < -0.39 is 0 Å². The van der Waals surface area contributed by atoms with Crippen LogP contribution >= 0.6 is 11.8 Å². The Morgan fingerprint density at radius 1 is 1.03 bits per heavy atom. The van der Waals surface area contributed by atoms with E-state index in [-0.39, 0.29) is 5.91 Å². The fraction of sp³-hybridized carbons (Fsp3) is 0.458. The molecule has 0 saturated carbocycles. The molecule has 2 aromatic rings. The van der Waals surface area contributed by atoms with Crippen molar-refractivity contribution in [3.63, 3.8) is 0 Å². The van der Waals surface area contributed by atoms with Gasteiger partial charge in [0.1, 0.15) is 0 Å². The van der Waals surface area contributed by atoms with Gasteiger partial charge >= 0.3 is 0 Å². The van der Waals surface area contributed by atoms with Crippen molar-refractivity contribution in [3.05, 3.63) is 53.1 Å². The zero-order valence-corrected chi connectivity index (χ0v) is 18.4. The van der Waals surface area contributed by atoms with Gasteiger partial charge in [-0.3, -0.25) is 4.79 Å². The summed E-state index contributed by atoms with van der Waals surface area (Å²) in [5, 5.41) is 3.07. The third-order valence-corrected chi connectivity index (χ3v) is 7.07. The molecule has 0 unspecified atom stereocenters. The summed E-state index contributed by atoms with van der Waals surface area (Å²) in [6, 6.07) is 12.9. The maximum atomic E-state index is 12.4. The first-order valence-corrected chi connectivity index (χ1v) is 11.7. The van der Waals surface area contributed by atoms with Crippen LogP contribution < -0.4 is 10.2 Å². The van der Waals surface area contributed by atoms with E-state index in [9.17, 15) is 4.79 Å². The molecule has 0 atom stereocenters. The molecule has 5 heteroatoms. The van der Waals surface area contributed by atoms with E-state index in [1.165, 1.54) is 46.5 Å². The van der Waals surface area contributed by atoms with Crippen LogP contribution in [-0.2, 0) is 17.6 Å². The maximum Gasteiger partial charge on any atom is 0.234 e. The molecule has 1 aliphatic carbocycles. The standard InChI is InChI=1S/C24H31N3OS/c1-3-26-11-13-27(14-12-26)23-10-8-21(15-18(23)2)25-24(28)17-29-22-9-7-19-5-4-6-20(19)16-22/h7-10,15-16H,3-6,11-14,17H2,1-2H3,(H,25,28). The Morgan fingerprint density at radius 2 is 1.83 bits per heavy atom. The van der Waals surface area contributed by atoms with Gasteiger partial charge in [-0.2, -0.15) is 0 Å². The van der Waals surface area contributed by atoms with Crippen LogP contribution in [0.15, 0.2) is 41.3 Å². The van der Waals surface area contributed by atoms with Gasteiger partial charge in [-0.15, -0.1) is 11.8 Å². The highest BCUT2D eigenvalue weighted by atomic mass is 32.2. The van der Waals surface area contributed by atoms with Crippen LogP contribution in [-0.4, -0.2) is 49.3 Å². The van der Waals surface area contributed by atoms with Gasteiger partial charge in [-0.05, 0) is 79.8 Å². The molecule has 1 N–H and O–H groups in total. The SMILES string of the molecule is CCN1CCN(c2ccc(NC(=O)CSc3ccc4c(c3)CCC4)cc2C)CC1. The number of fused-ring (bicyclic) bond motifs is 1. The van der Waals surface area contributed by atoms with Crippen LogP contribution in [0, 0.1) is 6.92 Å². The number of aryl methyl sites for hydroxylation is 3. The van der Waals surface area contributed by atoms with Crippen LogP contribution in [0.4, 0.5) is 11.4 Å². The normalized spacial score (nSPS) is 16.7. The Balaban J connectivity index is 1.31. The van der Waals surface area contributed by atoms with Gasteiger partial charge in [0, 0.05) is 42.4 Å². The highest BCUT2D eigenvalue weighted by Crippen LogP contribution is 2.28. The molecule has 4 nitrogen and oxygen atoms in total. The summed E-state index contributed by atoms with van der Waals surface area (Å²) < 4.78 is 0. The molecule has 29 heavy (non-hydrogen) atoms. The van der Waals surface area contributed by atoms with Gasteiger partial charge in [0.25, 0.3) is 0 Å². The number of likely N-dealkylation sites (N-methyl/N-ethyl adjacent to an activating group) is 1. The number of hydrogen-bond donors (Lipinski definition) is 1. The Morgan fingerprint density at radius 3 is 2.59 bits per heavy atom. The average Bonchev–Trinajstić information content (AvgIpc) is 3.20. The number of anilines is 2. The Hall–Kier alpha value is -1.98. The first-order chi connectivity index (χ1) is 14.1. The molecule has 0 spiro atoms. The molecule has 1 aliphatic heterocycles. The predicted molar refractivity (Wildman–Crippen MR) is 123 cm³/mol. The minimum Gasteiger partial charge on any atom is -0.369 e.